The van der Waals surface area contributed by atoms with Crippen molar-refractivity contribution in [3.63, 3.8) is 0 Å². The number of nitrogens with zero attached hydrogens (tertiary/aromatic N) is 2. The zero-order chi connectivity index (χ0) is 19.6. The molecular formula is C17H18Br2N4O4. The second kappa shape index (κ2) is 8.51. The van der Waals surface area contributed by atoms with Crippen molar-refractivity contribution in [1.29, 1.82) is 0 Å². The fourth-order valence-electron chi connectivity index (χ4n) is 2.86. The summed E-state index contributed by atoms with van der Waals surface area (Å²) < 4.78 is 7.89. The minimum atomic E-state index is -0.868. The van der Waals surface area contributed by atoms with Gasteiger partial charge in [-0.15, -0.1) is 0 Å². The van der Waals surface area contributed by atoms with Crippen LogP contribution in [-0.4, -0.2) is 37.7 Å². The van der Waals surface area contributed by atoms with Crippen molar-refractivity contribution in [2.24, 2.45) is 0 Å². The standard InChI is InChI=1S/C17H18Br2N4O4/c18-10-4-2-1-3-9(10)7-13(25)22-16(19)15-11(24)8-14(27-15)23-6-5-12(20)21-17(23)26/h1-6,11,14-16,24H,7-8H2,(H,22,25)(H2,20,21,26)/t11?,14-,15+,16?/m1/s1. The van der Waals surface area contributed by atoms with Crippen molar-refractivity contribution in [3.05, 3.63) is 57.0 Å². The van der Waals surface area contributed by atoms with Crippen LogP contribution in [0.3, 0.4) is 0 Å². The fraction of sp³-hybridized carbons (Fsp3) is 0.353. The number of carbonyl (C=O) groups excluding carboxylic acids is 1. The van der Waals surface area contributed by atoms with Crippen LogP contribution in [0.4, 0.5) is 5.82 Å². The Hall–Kier alpha value is -1.75. The zero-order valence-electron chi connectivity index (χ0n) is 14.1. The molecule has 1 aromatic heterocycles. The number of hydrogen-bond acceptors (Lipinski definition) is 6. The third-order valence-corrected chi connectivity index (χ3v) is 5.72. The fourth-order valence-corrected chi connectivity index (χ4v) is 4.02. The third-order valence-electron chi connectivity index (χ3n) is 4.19. The summed E-state index contributed by atoms with van der Waals surface area (Å²) in [5, 5.41) is 13.1. The number of carbonyl (C=O) groups is 1. The first-order valence-electron chi connectivity index (χ1n) is 8.20. The van der Waals surface area contributed by atoms with Gasteiger partial charge in [-0.05, 0) is 17.7 Å². The van der Waals surface area contributed by atoms with E-state index in [4.69, 9.17) is 10.5 Å². The normalized spacial score (nSPS) is 23.1. The predicted molar refractivity (Wildman–Crippen MR) is 106 cm³/mol. The number of ether oxygens (including phenoxy) is 1. The van der Waals surface area contributed by atoms with E-state index in [1.165, 1.54) is 16.8 Å². The molecule has 144 valence electrons. The number of aliphatic hydroxyl groups is 1. The SMILES string of the molecule is Nc1ccn([C@H]2CC(O)[C@@H](C(Br)NC(=O)Cc3ccccc3Br)O2)c(=O)n1. The summed E-state index contributed by atoms with van der Waals surface area (Å²) in [5.41, 5.74) is 5.77. The molecule has 1 saturated heterocycles. The van der Waals surface area contributed by atoms with Crippen LogP contribution < -0.4 is 16.7 Å². The van der Waals surface area contributed by atoms with Gasteiger partial charge in [0.2, 0.25) is 5.91 Å². The Balaban J connectivity index is 1.63. The summed E-state index contributed by atoms with van der Waals surface area (Å²) in [6.45, 7) is 0. The second-order valence-corrected chi connectivity index (χ2v) is 7.98. The van der Waals surface area contributed by atoms with Gasteiger partial charge < -0.3 is 20.9 Å². The lowest BCUT2D eigenvalue weighted by Crippen LogP contribution is -2.44. The smallest absolute Gasteiger partial charge is 0.351 e. The van der Waals surface area contributed by atoms with Crippen LogP contribution in [0.2, 0.25) is 0 Å². The molecule has 10 heteroatoms. The van der Waals surface area contributed by atoms with E-state index >= 15 is 0 Å². The molecule has 2 heterocycles. The van der Waals surface area contributed by atoms with E-state index in [0.717, 1.165) is 10.0 Å². The molecule has 0 bridgehead atoms. The van der Waals surface area contributed by atoms with Gasteiger partial charge in [0.1, 0.15) is 23.1 Å². The number of amides is 1. The average Bonchev–Trinajstić information content (AvgIpc) is 2.98. The summed E-state index contributed by atoms with van der Waals surface area (Å²) >= 11 is 6.76. The maximum Gasteiger partial charge on any atom is 0.351 e. The molecule has 8 nitrogen and oxygen atoms in total. The van der Waals surface area contributed by atoms with Crippen molar-refractivity contribution in [2.75, 3.05) is 5.73 Å². The molecule has 4 N–H and O–H groups in total. The molecule has 1 aliphatic heterocycles. The first-order valence-corrected chi connectivity index (χ1v) is 9.91. The van der Waals surface area contributed by atoms with E-state index in [-0.39, 0.29) is 24.6 Å². The summed E-state index contributed by atoms with van der Waals surface area (Å²) in [7, 11) is 0. The number of anilines is 1. The van der Waals surface area contributed by atoms with E-state index in [9.17, 15) is 14.7 Å². The largest absolute Gasteiger partial charge is 0.390 e. The highest BCUT2D eigenvalue weighted by molar-refractivity contribution is 9.10. The number of aromatic nitrogens is 2. The van der Waals surface area contributed by atoms with Gasteiger partial charge >= 0.3 is 5.69 Å². The van der Waals surface area contributed by atoms with Gasteiger partial charge in [0.05, 0.1) is 12.5 Å². The summed E-state index contributed by atoms with van der Waals surface area (Å²) in [6, 6.07) is 8.92. The highest BCUT2D eigenvalue weighted by Gasteiger charge is 2.40. The quantitative estimate of drug-likeness (QED) is 0.420. The maximum absolute atomic E-state index is 12.3. The zero-order valence-corrected chi connectivity index (χ0v) is 17.3. The molecule has 3 rings (SSSR count). The third kappa shape index (κ3) is 4.75. The minimum absolute atomic E-state index is 0.115. The molecule has 1 amide bonds. The summed E-state index contributed by atoms with van der Waals surface area (Å²) in [5.74, 6) is -0.113. The molecule has 0 spiro atoms. The molecule has 0 aliphatic carbocycles. The number of nitrogens with one attached hydrogen (secondary N) is 1. The van der Waals surface area contributed by atoms with Crippen LogP contribution in [0, 0.1) is 0 Å². The minimum Gasteiger partial charge on any atom is -0.390 e. The first kappa shape index (κ1) is 20.0. The molecule has 1 aliphatic rings. The van der Waals surface area contributed by atoms with Gasteiger partial charge in [0.25, 0.3) is 0 Å². The van der Waals surface area contributed by atoms with E-state index in [1.54, 1.807) is 0 Å². The number of nitrogens with two attached hydrogens (primary N) is 1. The van der Waals surface area contributed by atoms with Crippen molar-refractivity contribution >= 4 is 43.6 Å². The first-order chi connectivity index (χ1) is 12.8. The molecule has 4 atom stereocenters. The number of alkyl halides is 1. The average molecular weight is 502 g/mol. The van der Waals surface area contributed by atoms with Gasteiger partial charge in [-0.3, -0.25) is 9.36 Å². The second-order valence-electron chi connectivity index (χ2n) is 6.14. The lowest BCUT2D eigenvalue weighted by molar-refractivity contribution is -0.122. The van der Waals surface area contributed by atoms with E-state index in [0.29, 0.717) is 0 Å². The lowest BCUT2D eigenvalue weighted by atomic mass is 10.1. The molecule has 1 fully saturated rings. The van der Waals surface area contributed by atoms with Crippen molar-refractivity contribution in [1.82, 2.24) is 14.9 Å². The molecule has 27 heavy (non-hydrogen) atoms. The Bertz CT molecular complexity index is 891. The van der Waals surface area contributed by atoms with Gasteiger partial charge in [0.15, 0.2) is 0 Å². The number of aliphatic hydroxyl groups excluding tert-OH is 1. The molecule has 2 aromatic rings. The number of rotatable bonds is 5. The highest BCUT2D eigenvalue weighted by atomic mass is 79.9. The Morgan fingerprint density at radius 2 is 2.19 bits per heavy atom. The van der Waals surface area contributed by atoms with Crippen LogP contribution >= 0.6 is 31.9 Å². The van der Waals surface area contributed by atoms with Crippen LogP contribution in [0.5, 0.6) is 0 Å². The van der Waals surface area contributed by atoms with Crippen molar-refractivity contribution in [2.45, 2.75) is 36.2 Å². The van der Waals surface area contributed by atoms with Gasteiger partial charge in [-0.1, -0.05) is 50.1 Å². The molecule has 0 radical (unpaired) electrons. The molecule has 1 aromatic carbocycles. The van der Waals surface area contributed by atoms with E-state index < -0.39 is 29.1 Å². The number of hydrogen-bond donors (Lipinski definition) is 3. The highest BCUT2D eigenvalue weighted by Crippen LogP contribution is 2.31. The van der Waals surface area contributed by atoms with Gasteiger partial charge in [0, 0.05) is 17.1 Å². The summed E-state index contributed by atoms with van der Waals surface area (Å²) in [4.78, 5) is 27.3. The Morgan fingerprint density at radius 1 is 1.44 bits per heavy atom. The lowest BCUT2D eigenvalue weighted by Gasteiger charge is -2.22. The monoisotopic (exact) mass is 500 g/mol. The Kier molecular flexibility index (Phi) is 6.30. The van der Waals surface area contributed by atoms with E-state index in [1.807, 2.05) is 24.3 Å². The maximum atomic E-state index is 12.3. The van der Waals surface area contributed by atoms with Crippen molar-refractivity contribution in [3.8, 4) is 0 Å². The van der Waals surface area contributed by atoms with Crippen LogP contribution in [0.25, 0.3) is 0 Å². The molecule has 2 unspecified atom stereocenters. The van der Waals surface area contributed by atoms with Crippen molar-refractivity contribution < 1.29 is 14.6 Å². The number of halogens is 2. The Morgan fingerprint density at radius 3 is 2.89 bits per heavy atom. The van der Waals surface area contributed by atoms with Crippen LogP contribution in [0.1, 0.15) is 18.2 Å². The summed E-state index contributed by atoms with van der Waals surface area (Å²) in [6.07, 6.45) is -0.435. The van der Waals surface area contributed by atoms with Crippen LogP contribution in [-0.2, 0) is 16.0 Å². The predicted octanol–water partition coefficient (Wildman–Crippen LogP) is 1.32. The van der Waals surface area contributed by atoms with Crippen LogP contribution in [0.15, 0.2) is 45.8 Å². The number of benzene rings is 1. The van der Waals surface area contributed by atoms with Gasteiger partial charge in [-0.2, -0.15) is 4.98 Å². The molecule has 0 saturated carbocycles. The Labute approximate surface area is 172 Å². The number of nitrogen functional groups attached to an aromatic ring is 1. The van der Waals surface area contributed by atoms with E-state index in [2.05, 4.69) is 42.2 Å². The molecular weight excluding hydrogens is 484 g/mol. The van der Waals surface area contributed by atoms with Gasteiger partial charge in [-0.25, -0.2) is 4.79 Å². The topological polar surface area (TPSA) is 119 Å².